The Labute approximate surface area is 165 Å². The Morgan fingerprint density at radius 3 is 2.26 bits per heavy atom. The van der Waals surface area contributed by atoms with Crippen molar-refractivity contribution in [3.63, 3.8) is 0 Å². The number of ether oxygens (including phenoxy) is 3. The summed E-state index contributed by atoms with van der Waals surface area (Å²) in [5, 5.41) is -0.0450. The molecule has 1 heterocycles. The van der Waals surface area contributed by atoms with Crippen LogP contribution in [0.4, 0.5) is 13.2 Å². The lowest BCUT2D eigenvalue weighted by molar-refractivity contribution is -0.187. The van der Waals surface area contributed by atoms with Crippen LogP contribution in [-0.2, 0) is 14.9 Å². The van der Waals surface area contributed by atoms with Gasteiger partial charge in [0, 0.05) is 11.1 Å². The predicted molar refractivity (Wildman–Crippen MR) is 96.8 cm³/mol. The Balaban J connectivity index is 2.82. The highest BCUT2D eigenvalue weighted by Gasteiger charge is 2.50. The van der Waals surface area contributed by atoms with E-state index in [-0.39, 0.29) is 33.7 Å². The SMILES string of the molecule is CCOC(=O)C1=Cc2c(Cl)c(OC)c(C(C)(C)C)c(Cl)c2OC1C(F)(F)F. The van der Waals surface area contributed by atoms with Crippen molar-refractivity contribution in [2.24, 2.45) is 0 Å². The fourth-order valence-corrected chi connectivity index (χ4v) is 3.63. The maximum atomic E-state index is 13.5. The van der Waals surface area contributed by atoms with E-state index in [0.29, 0.717) is 5.56 Å². The molecule has 4 nitrogen and oxygen atoms in total. The first-order chi connectivity index (χ1) is 12.3. The number of carbonyl (C=O) groups excluding carboxylic acids is 1. The van der Waals surface area contributed by atoms with Crippen LogP contribution in [-0.4, -0.2) is 32.0 Å². The normalized spacial score (nSPS) is 17.0. The van der Waals surface area contributed by atoms with Gasteiger partial charge in [0.1, 0.15) is 11.5 Å². The number of methoxy groups -OCH3 is 1. The summed E-state index contributed by atoms with van der Waals surface area (Å²) in [6, 6.07) is 0. The van der Waals surface area contributed by atoms with E-state index in [0.717, 1.165) is 6.08 Å². The average molecular weight is 427 g/mol. The van der Waals surface area contributed by atoms with Crippen LogP contribution in [0.3, 0.4) is 0 Å². The van der Waals surface area contributed by atoms with Crippen LogP contribution in [0.1, 0.15) is 38.8 Å². The van der Waals surface area contributed by atoms with E-state index in [2.05, 4.69) is 0 Å². The van der Waals surface area contributed by atoms with E-state index < -0.39 is 29.2 Å². The zero-order valence-corrected chi connectivity index (χ0v) is 16.9. The third-order valence-electron chi connectivity index (χ3n) is 3.91. The van der Waals surface area contributed by atoms with Crippen molar-refractivity contribution in [3.8, 4) is 11.5 Å². The maximum Gasteiger partial charge on any atom is 0.430 e. The van der Waals surface area contributed by atoms with Gasteiger partial charge in [-0.25, -0.2) is 4.79 Å². The van der Waals surface area contributed by atoms with Crippen molar-refractivity contribution < 1.29 is 32.2 Å². The zero-order valence-electron chi connectivity index (χ0n) is 15.4. The zero-order chi connectivity index (χ0) is 20.7. The summed E-state index contributed by atoms with van der Waals surface area (Å²) in [6.07, 6.45) is -6.37. The number of fused-ring (bicyclic) bond motifs is 1. The largest absolute Gasteiger partial charge is 0.495 e. The van der Waals surface area contributed by atoms with E-state index in [4.69, 9.17) is 37.4 Å². The molecule has 2 rings (SSSR count). The molecule has 150 valence electrons. The number of carbonyl (C=O) groups is 1. The Morgan fingerprint density at radius 2 is 1.81 bits per heavy atom. The lowest BCUT2D eigenvalue weighted by atomic mass is 9.84. The van der Waals surface area contributed by atoms with Crippen molar-refractivity contribution in [3.05, 3.63) is 26.7 Å². The maximum absolute atomic E-state index is 13.5. The molecule has 0 saturated heterocycles. The molecular formula is C18H19Cl2F3O4. The monoisotopic (exact) mass is 426 g/mol. The number of alkyl halides is 3. The number of hydrogen-bond donors (Lipinski definition) is 0. The number of hydrogen-bond acceptors (Lipinski definition) is 4. The molecule has 0 amide bonds. The summed E-state index contributed by atoms with van der Waals surface area (Å²) in [6.45, 7) is 6.83. The Hall–Kier alpha value is -1.60. The smallest absolute Gasteiger partial charge is 0.430 e. The number of esters is 1. The van der Waals surface area contributed by atoms with E-state index in [1.807, 2.05) is 20.8 Å². The van der Waals surface area contributed by atoms with Crippen LogP contribution < -0.4 is 9.47 Å². The summed E-state index contributed by atoms with van der Waals surface area (Å²) in [7, 11) is 1.37. The molecule has 0 bridgehead atoms. The minimum absolute atomic E-state index is 0.00393. The van der Waals surface area contributed by atoms with Crippen LogP contribution in [0, 0.1) is 0 Å². The van der Waals surface area contributed by atoms with Gasteiger partial charge < -0.3 is 14.2 Å². The first-order valence-corrected chi connectivity index (χ1v) is 8.81. The van der Waals surface area contributed by atoms with Gasteiger partial charge in [-0.3, -0.25) is 0 Å². The number of rotatable bonds is 3. The second-order valence-corrected chi connectivity index (χ2v) is 7.64. The van der Waals surface area contributed by atoms with Gasteiger partial charge in [-0.1, -0.05) is 44.0 Å². The van der Waals surface area contributed by atoms with E-state index in [1.54, 1.807) is 0 Å². The van der Waals surface area contributed by atoms with Crippen molar-refractivity contribution in [1.82, 2.24) is 0 Å². The molecule has 0 N–H and O–H groups in total. The summed E-state index contributed by atoms with van der Waals surface area (Å²) >= 11 is 12.8. The molecule has 1 aliphatic rings. The first kappa shape index (κ1) is 21.7. The van der Waals surface area contributed by atoms with Crippen molar-refractivity contribution in [1.29, 1.82) is 0 Å². The molecular weight excluding hydrogens is 408 g/mol. The van der Waals surface area contributed by atoms with Gasteiger partial charge >= 0.3 is 12.1 Å². The molecule has 9 heteroatoms. The second-order valence-electron chi connectivity index (χ2n) is 6.89. The molecule has 1 aromatic rings. The van der Waals surface area contributed by atoms with Crippen LogP contribution >= 0.6 is 23.2 Å². The quantitative estimate of drug-likeness (QED) is 0.592. The van der Waals surface area contributed by atoms with Gasteiger partial charge in [0.15, 0.2) is 0 Å². The molecule has 0 fully saturated rings. The topological polar surface area (TPSA) is 44.8 Å². The minimum atomic E-state index is -4.85. The second kappa shape index (κ2) is 7.43. The standard InChI is InChI=1S/C18H19Cl2F3O4/c1-6-26-16(24)9-7-8-11(19)14(25-5)10(17(2,3)4)12(20)13(8)27-15(9)18(21,22)23/h7,15H,6H2,1-5H3. The molecule has 0 saturated carbocycles. The van der Waals surface area contributed by atoms with E-state index in [1.165, 1.54) is 14.0 Å². The Bertz CT molecular complexity index is 796. The third-order valence-corrected chi connectivity index (χ3v) is 4.64. The highest BCUT2D eigenvalue weighted by atomic mass is 35.5. The Kier molecular flexibility index (Phi) is 5.97. The van der Waals surface area contributed by atoms with Gasteiger partial charge in [-0.2, -0.15) is 13.2 Å². The minimum Gasteiger partial charge on any atom is -0.495 e. The summed E-state index contributed by atoms with van der Waals surface area (Å²) in [4.78, 5) is 12.1. The van der Waals surface area contributed by atoms with Crippen molar-refractivity contribution >= 4 is 35.2 Å². The summed E-state index contributed by atoms with van der Waals surface area (Å²) in [5.74, 6) is -1.18. The number of benzene rings is 1. The predicted octanol–water partition coefficient (Wildman–Crippen LogP) is 5.57. The van der Waals surface area contributed by atoms with Crippen LogP contribution in [0.25, 0.3) is 6.08 Å². The molecule has 1 aliphatic heterocycles. The van der Waals surface area contributed by atoms with Gasteiger partial charge in [-0.05, 0) is 18.4 Å². The molecule has 1 unspecified atom stereocenters. The van der Waals surface area contributed by atoms with Crippen LogP contribution in [0.2, 0.25) is 10.0 Å². The third kappa shape index (κ3) is 3.99. The van der Waals surface area contributed by atoms with Crippen molar-refractivity contribution in [2.45, 2.75) is 45.4 Å². The van der Waals surface area contributed by atoms with Crippen LogP contribution in [0.15, 0.2) is 5.57 Å². The lowest BCUT2D eigenvalue weighted by Crippen LogP contribution is -2.41. The fraction of sp³-hybridized carbons (Fsp3) is 0.500. The molecule has 27 heavy (non-hydrogen) atoms. The van der Waals surface area contributed by atoms with E-state index in [9.17, 15) is 18.0 Å². The summed E-state index contributed by atoms with van der Waals surface area (Å²) < 4.78 is 55.8. The highest BCUT2D eigenvalue weighted by molar-refractivity contribution is 6.38. The van der Waals surface area contributed by atoms with E-state index >= 15 is 0 Å². The van der Waals surface area contributed by atoms with Gasteiger partial charge in [-0.15, -0.1) is 0 Å². The molecule has 0 spiro atoms. The molecule has 1 atom stereocenters. The Morgan fingerprint density at radius 1 is 1.22 bits per heavy atom. The first-order valence-electron chi connectivity index (χ1n) is 8.06. The van der Waals surface area contributed by atoms with Crippen LogP contribution in [0.5, 0.6) is 11.5 Å². The molecule has 0 radical (unpaired) electrons. The molecule has 0 aliphatic carbocycles. The average Bonchev–Trinajstić information content (AvgIpc) is 2.54. The number of halogens is 5. The van der Waals surface area contributed by atoms with Gasteiger partial charge in [0.2, 0.25) is 6.10 Å². The lowest BCUT2D eigenvalue weighted by Gasteiger charge is -2.32. The highest BCUT2D eigenvalue weighted by Crippen LogP contribution is 2.52. The van der Waals surface area contributed by atoms with Crippen molar-refractivity contribution in [2.75, 3.05) is 13.7 Å². The molecule has 1 aromatic carbocycles. The van der Waals surface area contributed by atoms with Gasteiger partial charge in [0.05, 0.1) is 29.3 Å². The van der Waals surface area contributed by atoms with Gasteiger partial charge in [0.25, 0.3) is 0 Å². The summed E-state index contributed by atoms with van der Waals surface area (Å²) in [5.41, 5.74) is -0.858. The molecule has 0 aromatic heterocycles. The fourth-order valence-electron chi connectivity index (χ4n) is 2.80.